The summed E-state index contributed by atoms with van der Waals surface area (Å²) < 4.78 is 0. The number of benzene rings is 1. The van der Waals surface area contributed by atoms with E-state index in [2.05, 4.69) is 36.6 Å². The van der Waals surface area contributed by atoms with Crippen LogP contribution in [0.15, 0.2) is 24.3 Å². The summed E-state index contributed by atoms with van der Waals surface area (Å²) in [4.78, 5) is 0. The van der Waals surface area contributed by atoms with Crippen LogP contribution in [-0.2, 0) is 0 Å². The molecule has 1 aromatic carbocycles. The second-order valence-corrected chi connectivity index (χ2v) is 5.57. The second-order valence-electron chi connectivity index (χ2n) is 5.13. The Balaban J connectivity index is 2.08. The molecule has 2 nitrogen and oxygen atoms in total. The highest BCUT2D eigenvalue weighted by molar-refractivity contribution is 6.30. The van der Waals surface area contributed by atoms with Crippen LogP contribution in [0.5, 0.6) is 0 Å². The van der Waals surface area contributed by atoms with Crippen molar-refractivity contribution in [1.82, 2.24) is 10.6 Å². The summed E-state index contributed by atoms with van der Waals surface area (Å²) in [5.74, 6) is 0.580. The van der Waals surface area contributed by atoms with Gasteiger partial charge in [0.25, 0.3) is 0 Å². The molecule has 0 spiro atoms. The van der Waals surface area contributed by atoms with Gasteiger partial charge in [0.15, 0.2) is 0 Å². The van der Waals surface area contributed by atoms with Crippen LogP contribution in [0.1, 0.15) is 31.9 Å². The molecule has 0 amide bonds. The Morgan fingerprint density at radius 1 is 1.29 bits per heavy atom. The average Bonchev–Trinajstić information content (AvgIpc) is 2.80. The number of nitrogens with one attached hydrogen (secondary N) is 2. The molecule has 2 atom stereocenters. The summed E-state index contributed by atoms with van der Waals surface area (Å²) in [6, 6.07) is 9.21. The van der Waals surface area contributed by atoms with Crippen LogP contribution in [0.25, 0.3) is 0 Å². The first-order chi connectivity index (χ1) is 8.16. The fourth-order valence-corrected chi connectivity index (χ4v) is 2.52. The molecule has 2 unspecified atom stereocenters. The molecule has 17 heavy (non-hydrogen) atoms. The third-order valence-corrected chi connectivity index (χ3v) is 3.62. The molecule has 94 valence electrons. The maximum absolute atomic E-state index is 5.94. The van der Waals surface area contributed by atoms with Gasteiger partial charge in [-0.05, 0) is 36.6 Å². The molecule has 0 aliphatic carbocycles. The van der Waals surface area contributed by atoms with Gasteiger partial charge in [-0.15, -0.1) is 0 Å². The topological polar surface area (TPSA) is 24.1 Å². The van der Waals surface area contributed by atoms with E-state index in [0.717, 1.165) is 18.1 Å². The predicted molar refractivity (Wildman–Crippen MR) is 73.4 cm³/mol. The number of hydrogen-bond acceptors (Lipinski definition) is 2. The van der Waals surface area contributed by atoms with Crippen molar-refractivity contribution >= 4 is 11.6 Å². The lowest BCUT2D eigenvalue weighted by Gasteiger charge is -2.26. The average molecular weight is 253 g/mol. The van der Waals surface area contributed by atoms with Gasteiger partial charge in [0.05, 0.1) is 0 Å². The van der Waals surface area contributed by atoms with E-state index in [9.17, 15) is 0 Å². The predicted octanol–water partition coefficient (Wildman–Crippen LogP) is 2.99. The lowest BCUT2D eigenvalue weighted by Crippen LogP contribution is -2.36. The molecule has 0 radical (unpaired) electrons. The Bertz CT molecular complexity index is 342. The maximum atomic E-state index is 5.94. The zero-order valence-electron chi connectivity index (χ0n) is 10.5. The molecule has 0 aromatic heterocycles. The van der Waals surface area contributed by atoms with Crippen molar-refractivity contribution in [3.05, 3.63) is 34.9 Å². The fraction of sp³-hybridized carbons (Fsp3) is 0.571. The fourth-order valence-electron chi connectivity index (χ4n) is 2.39. The van der Waals surface area contributed by atoms with E-state index in [1.807, 2.05) is 12.1 Å². The van der Waals surface area contributed by atoms with E-state index in [0.29, 0.717) is 18.0 Å². The molecule has 1 aliphatic heterocycles. The van der Waals surface area contributed by atoms with Gasteiger partial charge in [-0.3, -0.25) is 0 Å². The summed E-state index contributed by atoms with van der Waals surface area (Å²) in [7, 11) is 0. The smallest absolute Gasteiger partial charge is 0.0406 e. The normalized spacial score (nSPS) is 22.0. The van der Waals surface area contributed by atoms with Gasteiger partial charge in [0.2, 0.25) is 0 Å². The van der Waals surface area contributed by atoms with Gasteiger partial charge in [-0.1, -0.05) is 37.6 Å². The molecule has 1 heterocycles. The molecular formula is C14H21ClN2. The van der Waals surface area contributed by atoms with Crippen molar-refractivity contribution in [3.8, 4) is 0 Å². The summed E-state index contributed by atoms with van der Waals surface area (Å²) in [5.41, 5.74) is 1.33. The molecule has 0 saturated carbocycles. The van der Waals surface area contributed by atoms with Crippen molar-refractivity contribution in [2.75, 3.05) is 13.1 Å². The van der Waals surface area contributed by atoms with E-state index in [-0.39, 0.29) is 0 Å². The molecule has 1 aliphatic rings. The quantitative estimate of drug-likeness (QED) is 0.861. The van der Waals surface area contributed by atoms with Crippen LogP contribution < -0.4 is 10.6 Å². The molecule has 1 fully saturated rings. The lowest BCUT2D eigenvalue weighted by atomic mass is 9.95. The monoisotopic (exact) mass is 252 g/mol. The summed E-state index contributed by atoms with van der Waals surface area (Å²) in [6.07, 6.45) is 1.22. The summed E-state index contributed by atoms with van der Waals surface area (Å²) >= 11 is 5.94. The van der Waals surface area contributed by atoms with Gasteiger partial charge in [-0.25, -0.2) is 0 Å². The van der Waals surface area contributed by atoms with Gasteiger partial charge >= 0.3 is 0 Å². The minimum absolute atomic E-state index is 0.414. The Morgan fingerprint density at radius 3 is 2.53 bits per heavy atom. The minimum Gasteiger partial charge on any atom is -0.315 e. The molecule has 2 N–H and O–H groups in total. The Kier molecular flexibility index (Phi) is 4.43. The zero-order chi connectivity index (χ0) is 12.3. The van der Waals surface area contributed by atoms with Crippen LogP contribution in [-0.4, -0.2) is 19.1 Å². The minimum atomic E-state index is 0.414. The number of rotatable bonds is 4. The second kappa shape index (κ2) is 5.85. The number of halogens is 1. The molecule has 3 heteroatoms. The molecule has 2 rings (SSSR count). The van der Waals surface area contributed by atoms with E-state index in [1.165, 1.54) is 12.0 Å². The molecule has 1 saturated heterocycles. The number of hydrogen-bond donors (Lipinski definition) is 2. The van der Waals surface area contributed by atoms with E-state index < -0.39 is 0 Å². The standard InChI is InChI=1S/C14H21ClN2/c1-10(2)14(17-13-7-8-16-9-13)11-3-5-12(15)6-4-11/h3-6,10,13-14,16-17H,7-9H2,1-2H3. The SMILES string of the molecule is CC(C)C(NC1CCNC1)c1ccc(Cl)cc1. The van der Waals surface area contributed by atoms with E-state index in [4.69, 9.17) is 11.6 Å². The van der Waals surface area contributed by atoms with Crippen molar-refractivity contribution in [3.63, 3.8) is 0 Å². The highest BCUT2D eigenvalue weighted by atomic mass is 35.5. The zero-order valence-corrected chi connectivity index (χ0v) is 11.3. The van der Waals surface area contributed by atoms with E-state index in [1.54, 1.807) is 0 Å². The van der Waals surface area contributed by atoms with Crippen molar-refractivity contribution in [2.45, 2.75) is 32.4 Å². The van der Waals surface area contributed by atoms with Gasteiger partial charge < -0.3 is 10.6 Å². The van der Waals surface area contributed by atoms with Crippen LogP contribution in [0.2, 0.25) is 5.02 Å². The molecule has 0 bridgehead atoms. The Labute approximate surface area is 109 Å². The third kappa shape index (κ3) is 3.44. The molecule has 1 aromatic rings. The summed E-state index contributed by atoms with van der Waals surface area (Å²) in [5, 5.41) is 7.94. The van der Waals surface area contributed by atoms with Gasteiger partial charge in [0.1, 0.15) is 0 Å². The van der Waals surface area contributed by atoms with Crippen LogP contribution in [0.4, 0.5) is 0 Å². The van der Waals surface area contributed by atoms with Crippen molar-refractivity contribution in [1.29, 1.82) is 0 Å². The summed E-state index contributed by atoms with van der Waals surface area (Å²) in [6.45, 7) is 6.73. The van der Waals surface area contributed by atoms with Gasteiger partial charge in [-0.2, -0.15) is 0 Å². The van der Waals surface area contributed by atoms with Crippen molar-refractivity contribution < 1.29 is 0 Å². The first-order valence-corrected chi connectivity index (χ1v) is 6.77. The highest BCUT2D eigenvalue weighted by Crippen LogP contribution is 2.24. The first-order valence-electron chi connectivity index (χ1n) is 6.39. The molecular weight excluding hydrogens is 232 g/mol. The lowest BCUT2D eigenvalue weighted by molar-refractivity contribution is 0.369. The largest absolute Gasteiger partial charge is 0.315 e. The van der Waals surface area contributed by atoms with Crippen molar-refractivity contribution in [2.24, 2.45) is 5.92 Å². The van der Waals surface area contributed by atoms with E-state index >= 15 is 0 Å². The maximum Gasteiger partial charge on any atom is 0.0406 e. The Hall–Kier alpha value is -0.570. The van der Waals surface area contributed by atoms with Crippen LogP contribution >= 0.6 is 11.6 Å². The van der Waals surface area contributed by atoms with Crippen LogP contribution in [0.3, 0.4) is 0 Å². The first kappa shape index (κ1) is 12.9. The highest BCUT2D eigenvalue weighted by Gasteiger charge is 2.22. The van der Waals surface area contributed by atoms with Crippen LogP contribution in [0, 0.1) is 5.92 Å². The Morgan fingerprint density at radius 2 is 2.00 bits per heavy atom. The van der Waals surface area contributed by atoms with Gasteiger partial charge in [0, 0.05) is 23.7 Å². The third-order valence-electron chi connectivity index (χ3n) is 3.37.